The number of benzene rings is 1. The molecular weight excluding hydrogens is 402 g/mol. The number of hydrogen-bond acceptors (Lipinski definition) is 6. The molecule has 2 aliphatic heterocycles. The third-order valence-corrected chi connectivity index (χ3v) is 6.10. The van der Waals surface area contributed by atoms with Crippen molar-refractivity contribution < 1.29 is 18.8 Å². The molecule has 0 atom stereocenters. The van der Waals surface area contributed by atoms with Crippen molar-refractivity contribution >= 4 is 34.9 Å². The second-order valence-electron chi connectivity index (χ2n) is 7.39. The highest BCUT2D eigenvalue weighted by Crippen LogP contribution is 2.32. The van der Waals surface area contributed by atoms with Gasteiger partial charge < -0.3 is 9.73 Å². The van der Waals surface area contributed by atoms with E-state index in [0.29, 0.717) is 5.76 Å². The molecule has 4 rings (SSSR count). The molecule has 1 aromatic carbocycles. The highest BCUT2D eigenvalue weighted by molar-refractivity contribution is 8.18. The summed E-state index contributed by atoms with van der Waals surface area (Å²) in [6, 6.07) is 13.8. The Hall–Kier alpha value is -2.84. The van der Waals surface area contributed by atoms with Gasteiger partial charge in [-0.2, -0.15) is 0 Å². The molecule has 3 heterocycles. The Morgan fingerprint density at radius 3 is 2.60 bits per heavy atom. The van der Waals surface area contributed by atoms with Crippen LogP contribution in [0.4, 0.5) is 4.79 Å². The standard InChI is InChI=1S/C22H23N3O4S/c26-20(15-25-21(27)19(30-22(25)28)13-18-7-4-12-29-18)23-17-8-10-24(11-9-17)14-16-5-2-1-3-6-16/h1-7,12-13,17H,8-11,14-15H2,(H,23,26). The van der Waals surface area contributed by atoms with Crippen LogP contribution in [-0.2, 0) is 16.1 Å². The number of nitrogens with zero attached hydrogens (tertiary/aromatic N) is 2. The summed E-state index contributed by atoms with van der Waals surface area (Å²) in [6.07, 6.45) is 4.71. The van der Waals surface area contributed by atoms with Crippen LogP contribution < -0.4 is 5.32 Å². The summed E-state index contributed by atoms with van der Waals surface area (Å²) in [5, 5.41) is 2.53. The minimum Gasteiger partial charge on any atom is -0.465 e. The Labute approximate surface area is 179 Å². The van der Waals surface area contributed by atoms with Gasteiger partial charge in [-0.3, -0.25) is 24.2 Å². The fourth-order valence-corrected chi connectivity index (χ4v) is 4.45. The van der Waals surface area contributed by atoms with Gasteiger partial charge >= 0.3 is 0 Å². The normalized spacial score (nSPS) is 19.6. The summed E-state index contributed by atoms with van der Waals surface area (Å²) >= 11 is 0.821. The van der Waals surface area contributed by atoms with E-state index in [-0.39, 0.29) is 23.4 Å². The number of carbonyl (C=O) groups excluding carboxylic acids is 3. The van der Waals surface area contributed by atoms with Crippen molar-refractivity contribution in [2.24, 2.45) is 0 Å². The zero-order valence-electron chi connectivity index (χ0n) is 16.5. The van der Waals surface area contributed by atoms with E-state index in [9.17, 15) is 14.4 Å². The lowest BCUT2D eigenvalue weighted by molar-refractivity contribution is -0.129. The van der Waals surface area contributed by atoms with Gasteiger partial charge in [0.05, 0.1) is 11.2 Å². The van der Waals surface area contributed by atoms with Crippen LogP contribution in [0.1, 0.15) is 24.2 Å². The van der Waals surface area contributed by atoms with Gasteiger partial charge in [0.25, 0.3) is 11.1 Å². The van der Waals surface area contributed by atoms with E-state index in [1.807, 2.05) is 18.2 Å². The predicted octanol–water partition coefficient (Wildman–Crippen LogP) is 3.10. The second-order valence-corrected chi connectivity index (χ2v) is 8.38. The van der Waals surface area contributed by atoms with Crippen molar-refractivity contribution in [2.45, 2.75) is 25.4 Å². The van der Waals surface area contributed by atoms with Crippen molar-refractivity contribution in [2.75, 3.05) is 19.6 Å². The van der Waals surface area contributed by atoms with Crippen molar-refractivity contribution in [3.8, 4) is 0 Å². The molecule has 2 saturated heterocycles. The van der Waals surface area contributed by atoms with Gasteiger partial charge in [0.15, 0.2) is 0 Å². The topological polar surface area (TPSA) is 82.9 Å². The van der Waals surface area contributed by atoms with Crippen LogP contribution in [0.3, 0.4) is 0 Å². The van der Waals surface area contributed by atoms with Crippen LogP contribution >= 0.6 is 11.8 Å². The molecule has 3 amide bonds. The molecule has 7 nitrogen and oxygen atoms in total. The van der Waals surface area contributed by atoms with E-state index < -0.39 is 11.1 Å². The lowest BCUT2D eigenvalue weighted by atomic mass is 10.0. The summed E-state index contributed by atoms with van der Waals surface area (Å²) in [4.78, 5) is 40.7. The molecule has 0 aliphatic carbocycles. The van der Waals surface area contributed by atoms with Crippen molar-refractivity contribution in [1.29, 1.82) is 0 Å². The van der Waals surface area contributed by atoms with Gasteiger partial charge in [0, 0.05) is 31.8 Å². The largest absolute Gasteiger partial charge is 0.465 e. The molecule has 0 spiro atoms. The van der Waals surface area contributed by atoms with Crippen LogP contribution in [0.15, 0.2) is 58.1 Å². The zero-order chi connectivity index (χ0) is 20.9. The predicted molar refractivity (Wildman–Crippen MR) is 114 cm³/mol. The number of furan rings is 1. The molecule has 1 aromatic heterocycles. The Morgan fingerprint density at radius 1 is 1.13 bits per heavy atom. The third-order valence-electron chi connectivity index (χ3n) is 5.19. The van der Waals surface area contributed by atoms with Gasteiger partial charge in [-0.15, -0.1) is 0 Å². The molecule has 0 unspecified atom stereocenters. The average Bonchev–Trinajstić information content (AvgIpc) is 3.34. The van der Waals surface area contributed by atoms with Gasteiger partial charge in [0.1, 0.15) is 12.3 Å². The zero-order valence-corrected chi connectivity index (χ0v) is 17.3. The van der Waals surface area contributed by atoms with Crippen LogP contribution in [0, 0.1) is 0 Å². The molecule has 1 N–H and O–H groups in total. The van der Waals surface area contributed by atoms with Crippen LogP contribution in [0.2, 0.25) is 0 Å². The summed E-state index contributed by atoms with van der Waals surface area (Å²) in [5.74, 6) is -0.278. The second kappa shape index (κ2) is 9.32. The van der Waals surface area contributed by atoms with Crippen LogP contribution in [0.25, 0.3) is 6.08 Å². The molecule has 156 valence electrons. The Bertz CT molecular complexity index is 935. The van der Waals surface area contributed by atoms with E-state index in [1.54, 1.807) is 12.1 Å². The Morgan fingerprint density at radius 2 is 1.90 bits per heavy atom. The summed E-state index contributed by atoms with van der Waals surface area (Å²) < 4.78 is 5.19. The van der Waals surface area contributed by atoms with Crippen molar-refractivity contribution in [1.82, 2.24) is 15.1 Å². The number of hydrogen-bond donors (Lipinski definition) is 1. The number of likely N-dealkylation sites (tertiary alicyclic amines) is 1. The fraction of sp³-hybridized carbons (Fsp3) is 0.318. The van der Waals surface area contributed by atoms with E-state index in [2.05, 4.69) is 22.3 Å². The monoisotopic (exact) mass is 425 g/mol. The maximum absolute atomic E-state index is 12.5. The summed E-state index contributed by atoms with van der Waals surface area (Å²) in [7, 11) is 0. The first-order valence-corrected chi connectivity index (χ1v) is 10.7. The lowest BCUT2D eigenvalue weighted by Crippen LogP contribution is -2.47. The smallest absolute Gasteiger partial charge is 0.294 e. The molecule has 2 fully saturated rings. The first kappa shape index (κ1) is 20.4. The molecule has 0 radical (unpaired) electrons. The van der Waals surface area contributed by atoms with Gasteiger partial charge in [-0.1, -0.05) is 30.3 Å². The first-order chi connectivity index (χ1) is 14.6. The lowest BCUT2D eigenvalue weighted by Gasteiger charge is -2.32. The summed E-state index contributed by atoms with van der Waals surface area (Å²) in [5.41, 5.74) is 1.28. The van der Waals surface area contributed by atoms with Gasteiger partial charge in [-0.05, 0) is 42.3 Å². The highest BCUT2D eigenvalue weighted by Gasteiger charge is 2.36. The van der Waals surface area contributed by atoms with E-state index >= 15 is 0 Å². The van der Waals surface area contributed by atoms with E-state index in [1.165, 1.54) is 17.9 Å². The Kier molecular flexibility index (Phi) is 6.35. The third kappa shape index (κ3) is 5.01. The molecule has 2 aliphatic rings. The maximum atomic E-state index is 12.5. The number of rotatable bonds is 6. The number of amides is 3. The van der Waals surface area contributed by atoms with Gasteiger partial charge in [-0.25, -0.2) is 0 Å². The minimum atomic E-state index is -0.464. The quantitative estimate of drug-likeness (QED) is 0.716. The SMILES string of the molecule is O=C(CN1C(=O)SC(=Cc2ccco2)C1=O)NC1CCN(Cc2ccccc2)CC1. The number of imide groups is 1. The van der Waals surface area contributed by atoms with Gasteiger partial charge in [0.2, 0.25) is 5.91 Å². The van der Waals surface area contributed by atoms with Crippen molar-refractivity contribution in [3.05, 3.63) is 65.0 Å². The average molecular weight is 426 g/mol. The molecule has 0 saturated carbocycles. The molecule has 30 heavy (non-hydrogen) atoms. The molecular formula is C22H23N3O4S. The Balaban J connectivity index is 1.25. The molecule has 8 heteroatoms. The van der Waals surface area contributed by atoms with Crippen molar-refractivity contribution in [3.63, 3.8) is 0 Å². The number of carbonyl (C=O) groups is 3. The number of piperidine rings is 1. The minimum absolute atomic E-state index is 0.0584. The van der Waals surface area contributed by atoms with Crippen LogP contribution in [0.5, 0.6) is 0 Å². The molecule has 2 aromatic rings. The highest BCUT2D eigenvalue weighted by atomic mass is 32.2. The summed E-state index contributed by atoms with van der Waals surface area (Å²) in [6.45, 7) is 2.44. The van der Waals surface area contributed by atoms with E-state index in [0.717, 1.165) is 49.1 Å². The molecule has 0 bridgehead atoms. The first-order valence-electron chi connectivity index (χ1n) is 9.93. The number of thioether (sulfide) groups is 1. The van der Waals surface area contributed by atoms with Crippen LogP contribution in [-0.4, -0.2) is 52.5 Å². The van der Waals surface area contributed by atoms with E-state index in [4.69, 9.17) is 4.42 Å². The maximum Gasteiger partial charge on any atom is 0.294 e. The fourth-order valence-electron chi connectivity index (χ4n) is 3.63. The number of nitrogens with one attached hydrogen (secondary N) is 1.